The summed E-state index contributed by atoms with van der Waals surface area (Å²) in [5.74, 6) is 0.680. The summed E-state index contributed by atoms with van der Waals surface area (Å²) in [7, 11) is 0. The van der Waals surface area contributed by atoms with Gasteiger partial charge in [-0.15, -0.1) is 0 Å². The Kier molecular flexibility index (Phi) is 4.50. The van der Waals surface area contributed by atoms with Gasteiger partial charge in [0.15, 0.2) is 0 Å². The third kappa shape index (κ3) is 3.59. The second-order valence-electron chi connectivity index (χ2n) is 6.01. The fourth-order valence-electron chi connectivity index (χ4n) is 3.03. The van der Waals surface area contributed by atoms with Gasteiger partial charge in [-0.2, -0.15) is 0 Å². The number of anilines is 1. The van der Waals surface area contributed by atoms with E-state index in [-0.39, 0.29) is 0 Å². The minimum atomic E-state index is 0.600. The van der Waals surface area contributed by atoms with Crippen LogP contribution in [0.3, 0.4) is 0 Å². The van der Waals surface area contributed by atoms with Crippen molar-refractivity contribution in [3.8, 4) is 0 Å². The van der Waals surface area contributed by atoms with E-state index in [1.54, 1.807) is 0 Å². The zero-order chi connectivity index (χ0) is 14.7. The first-order chi connectivity index (χ1) is 10.2. The first kappa shape index (κ1) is 14.5. The SMILES string of the molecule is CCCc1ccc(NC2CC(c3ccc(Cl)cc3)C2)cc1. The largest absolute Gasteiger partial charge is 0.382 e. The summed E-state index contributed by atoms with van der Waals surface area (Å²) in [6, 6.07) is 17.8. The molecule has 1 saturated carbocycles. The van der Waals surface area contributed by atoms with E-state index in [2.05, 4.69) is 48.6 Å². The van der Waals surface area contributed by atoms with Gasteiger partial charge >= 0.3 is 0 Å². The Labute approximate surface area is 132 Å². The maximum Gasteiger partial charge on any atom is 0.0406 e. The van der Waals surface area contributed by atoms with E-state index < -0.39 is 0 Å². The number of nitrogens with one attached hydrogen (secondary N) is 1. The monoisotopic (exact) mass is 299 g/mol. The molecule has 0 radical (unpaired) electrons. The molecule has 0 heterocycles. The molecule has 0 spiro atoms. The molecule has 0 atom stereocenters. The molecule has 3 rings (SSSR count). The van der Waals surface area contributed by atoms with Gasteiger partial charge in [0.2, 0.25) is 0 Å². The Morgan fingerprint density at radius 1 is 1.00 bits per heavy atom. The van der Waals surface area contributed by atoms with Crippen molar-refractivity contribution in [3.05, 3.63) is 64.7 Å². The summed E-state index contributed by atoms with van der Waals surface area (Å²) < 4.78 is 0. The van der Waals surface area contributed by atoms with E-state index in [1.807, 2.05) is 12.1 Å². The standard InChI is InChI=1S/C19H22ClN/c1-2-3-14-4-10-18(11-5-14)21-19-12-16(13-19)15-6-8-17(20)9-7-15/h4-11,16,19,21H,2-3,12-13H2,1H3. The Morgan fingerprint density at radius 2 is 1.67 bits per heavy atom. The average Bonchev–Trinajstić information content (AvgIpc) is 2.46. The fourth-order valence-corrected chi connectivity index (χ4v) is 3.16. The molecular weight excluding hydrogens is 278 g/mol. The van der Waals surface area contributed by atoms with Crippen molar-refractivity contribution in [2.45, 2.75) is 44.6 Å². The molecule has 0 bridgehead atoms. The minimum absolute atomic E-state index is 0.600. The Bertz CT molecular complexity index is 568. The highest BCUT2D eigenvalue weighted by Crippen LogP contribution is 2.38. The Balaban J connectivity index is 1.51. The molecular formula is C19H22ClN. The van der Waals surface area contributed by atoms with Gasteiger partial charge in [-0.3, -0.25) is 0 Å². The van der Waals surface area contributed by atoms with Crippen LogP contribution in [0.15, 0.2) is 48.5 Å². The van der Waals surface area contributed by atoms with Crippen LogP contribution in [0.5, 0.6) is 0 Å². The van der Waals surface area contributed by atoms with Crippen LogP contribution in [0.1, 0.15) is 43.2 Å². The summed E-state index contributed by atoms with van der Waals surface area (Å²) in [6.45, 7) is 2.22. The zero-order valence-electron chi connectivity index (χ0n) is 12.5. The molecule has 1 aliphatic carbocycles. The molecule has 0 saturated heterocycles. The molecule has 0 aromatic heterocycles. The van der Waals surface area contributed by atoms with Crippen molar-refractivity contribution in [1.29, 1.82) is 0 Å². The zero-order valence-corrected chi connectivity index (χ0v) is 13.2. The molecule has 110 valence electrons. The molecule has 0 amide bonds. The molecule has 1 fully saturated rings. The second kappa shape index (κ2) is 6.53. The van der Waals surface area contributed by atoms with Crippen LogP contribution in [0.25, 0.3) is 0 Å². The van der Waals surface area contributed by atoms with E-state index >= 15 is 0 Å². The molecule has 21 heavy (non-hydrogen) atoms. The topological polar surface area (TPSA) is 12.0 Å². The molecule has 2 heteroatoms. The van der Waals surface area contributed by atoms with Gasteiger partial charge in [-0.25, -0.2) is 0 Å². The van der Waals surface area contributed by atoms with Gasteiger partial charge < -0.3 is 5.32 Å². The van der Waals surface area contributed by atoms with E-state index in [9.17, 15) is 0 Å². The number of benzene rings is 2. The molecule has 1 nitrogen and oxygen atoms in total. The van der Waals surface area contributed by atoms with Crippen molar-refractivity contribution in [2.24, 2.45) is 0 Å². The fraction of sp³-hybridized carbons (Fsp3) is 0.368. The lowest BCUT2D eigenvalue weighted by atomic mass is 9.76. The lowest BCUT2D eigenvalue weighted by Crippen LogP contribution is -2.33. The van der Waals surface area contributed by atoms with Gasteiger partial charge in [0.1, 0.15) is 0 Å². The van der Waals surface area contributed by atoms with E-state index in [0.29, 0.717) is 12.0 Å². The summed E-state index contributed by atoms with van der Waals surface area (Å²) >= 11 is 5.94. The van der Waals surface area contributed by atoms with Crippen LogP contribution in [-0.2, 0) is 6.42 Å². The number of aryl methyl sites for hydroxylation is 1. The van der Waals surface area contributed by atoms with Crippen LogP contribution in [0.2, 0.25) is 5.02 Å². The van der Waals surface area contributed by atoms with E-state index in [4.69, 9.17) is 11.6 Å². The smallest absolute Gasteiger partial charge is 0.0406 e. The second-order valence-corrected chi connectivity index (χ2v) is 6.44. The summed E-state index contributed by atoms with van der Waals surface area (Å²) in [4.78, 5) is 0. The first-order valence-corrected chi connectivity index (χ1v) is 8.23. The maximum absolute atomic E-state index is 5.94. The number of hydrogen-bond donors (Lipinski definition) is 1. The third-order valence-corrected chi connectivity index (χ3v) is 4.59. The summed E-state index contributed by atoms with van der Waals surface area (Å²) in [5.41, 5.74) is 4.08. The van der Waals surface area contributed by atoms with Gasteiger partial charge in [-0.1, -0.05) is 49.2 Å². The first-order valence-electron chi connectivity index (χ1n) is 7.85. The molecule has 0 aliphatic heterocycles. The van der Waals surface area contributed by atoms with Crippen LogP contribution < -0.4 is 5.32 Å². The highest BCUT2D eigenvalue weighted by Gasteiger charge is 2.29. The average molecular weight is 300 g/mol. The van der Waals surface area contributed by atoms with Gasteiger partial charge in [0.25, 0.3) is 0 Å². The minimum Gasteiger partial charge on any atom is -0.382 e. The Morgan fingerprint density at radius 3 is 2.29 bits per heavy atom. The molecule has 2 aromatic rings. The molecule has 1 aliphatic rings. The Hall–Kier alpha value is -1.47. The molecule has 2 aromatic carbocycles. The van der Waals surface area contributed by atoms with Crippen molar-refractivity contribution in [2.75, 3.05) is 5.32 Å². The lowest BCUT2D eigenvalue weighted by Gasteiger charge is -2.37. The van der Waals surface area contributed by atoms with E-state index in [1.165, 1.54) is 42.5 Å². The molecule has 1 N–H and O–H groups in total. The third-order valence-electron chi connectivity index (χ3n) is 4.34. The number of hydrogen-bond acceptors (Lipinski definition) is 1. The summed E-state index contributed by atoms with van der Waals surface area (Å²) in [5, 5.41) is 4.45. The maximum atomic E-state index is 5.94. The van der Waals surface area contributed by atoms with Crippen LogP contribution in [0.4, 0.5) is 5.69 Å². The van der Waals surface area contributed by atoms with Crippen molar-refractivity contribution in [1.82, 2.24) is 0 Å². The quantitative estimate of drug-likeness (QED) is 0.752. The predicted octanol–water partition coefficient (Wildman–Crippen LogP) is 5.65. The number of halogens is 1. The van der Waals surface area contributed by atoms with Crippen molar-refractivity contribution in [3.63, 3.8) is 0 Å². The van der Waals surface area contributed by atoms with E-state index in [0.717, 1.165) is 5.02 Å². The lowest BCUT2D eigenvalue weighted by molar-refractivity contribution is 0.374. The normalized spacial score (nSPS) is 20.9. The summed E-state index contributed by atoms with van der Waals surface area (Å²) in [6.07, 6.45) is 4.79. The van der Waals surface area contributed by atoms with Crippen molar-refractivity contribution < 1.29 is 0 Å². The van der Waals surface area contributed by atoms with Gasteiger partial charge in [0.05, 0.1) is 0 Å². The predicted molar refractivity (Wildman–Crippen MR) is 91.3 cm³/mol. The van der Waals surface area contributed by atoms with Gasteiger partial charge in [-0.05, 0) is 60.6 Å². The van der Waals surface area contributed by atoms with Gasteiger partial charge in [0, 0.05) is 16.8 Å². The highest BCUT2D eigenvalue weighted by molar-refractivity contribution is 6.30. The van der Waals surface area contributed by atoms with Crippen molar-refractivity contribution >= 4 is 17.3 Å². The number of rotatable bonds is 5. The molecule has 0 unspecified atom stereocenters. The van der Waals surface area contributed by atoms with Crippen LogP contribution in [-0.4, -0.2) is 6.04 Å². The van der Waals surface area contributed by atoms with Crippen LogP contribution >= 0.6 is 11.6 Å². The van der Waals surface area contributed by atoms with Crippen LogP contribution in [0, 0.1) is 0 Å². The highest BCUT2D eigenvalue weighted by atomic mass is 35.5.